The molecule has 0 aromatic heterocycles. The average Bonchev–Trinajstić information content (AvgIpc) is 2.27. The van der Waals surface area contributed by atoms with Gasteiger partial charge in [0.05, 0.1) is 0 Å². The smallest absolute Gasteiger partial charge is 0.0108 e. The van der Waals surface area contributed by atoms with Gasteiger partial charge in [-0.25, -0.2) is 0 Å². The maximum atomic E-state index is 6.31. The van der Waals surface area contributed by atoms with Crippen molar-refractivity contribution in [3.63, 3.8) is 0 Å². The summed E-state index contributed by atoms with van der Waals surface area (Å²) in [6.45, 7) is 6.75. The number of nitrogens with two attached hydrogens (primary N) is 1. The first kappa shape index (κ1) is 13.2. The van der Waals surface area contributed by atoms with Crippen LogP contribution in [0.1, 0.15) is 51.5 Å². The fraction of sp³-hybridized carbons (Fsp3) is 0.600. The lowest BCUT2D eigenvalue weighted by Crippen LogP contribution is -2.29. The molecule has 1 heteroatoms. The lowest BCUT2D eigenvalue weighted by Gasteiger charge is -2.25. The number of rotatable bonds is 6. The minimum Gasteiger partial charge on any atom is -0.327 e. The van der Waals surface area contributed by atoms with Crippen LogP contribution in [0.25, 0.3) is 0 Å². The van der Waals surface area contributed by atoms with Gasteiger partial charge in [-0.15, -0.1) is 0 Å². The standard InChI is InChI=1S/C15H25N/c1-4-8-15(16)14(11-12(2)3)13-9-6-5-7-10-13/h5-7,9-10,12,14-15H,4,8,11,16H2,1-3H3. The van der Waals surface area contributed by atoms with Crippen LogP contribution in [0.2, 0.25) is 0 Å². The summed E-state index contributed by atoms with van der Waals surface area (Å²) in [6.07, 6.45) is 3.47. The van der Waals surface area contributed by atoms with Crippen LogP contribution in [0.3, 0.4) is 0 Å². The Hall–Kier alpha value is -0.820. The van der Waals surface area contributed by atoms with Crippen molar-refractivity contribution in [3.05, 3.63) is 35.9 Å². The second-order valence-electron chi connectivity index (χ2n) is 5.10. The van der Waals surface area contributed by atoms with E-state index in [-0.39, 0.29) is 0 Å². The van der Waals surface area contributed by atoms with E-state index in [0.717, 1.165) is 6.42 Å². The predicted octanol–water partition coefficient (Wildman–Crippen LogP) is 3.94. The highest BCUT2D eigenvalue weighted by Gasteiger charge is 2.19. The Balaban J connectivity index is 2.78. The topological polar surface area (TPSA) is 26.0 Å². The highest BCUT2D eigenvalue weighted by atomic mass is 14.6. The molecule has 0 aliphatic rings. The average molecular weight is 219 g/mol. The van der Waals surface area contributed by atoms with E-state index >= 15 is 0 Å². The van der Waals surface area contributed by atoms with Gasteiger partial charge < -0.3 is 5.73 Å². The van der Waals surface area contributed by atoms with Gasteiger partial charge in [-0.05, 0) is 30.2 Å². The summed E-state index contributed by atoms with van der Waals surface area (Å²) in [7, 11) is 0. The van der Waals surface area contributed by atoms with E-state index in [4.69, 9.17) is 5.73 Å². The van der Waals surface area contributed by atoms with Gasteiger partial charge in [0.25, 0.3) is 0 Å². The molecule has 2 N–H and O–H groups in total. The summed E-state index contributed by atoms with van der Waals surface area (Å²) in [6, 6.07) is 11.0. The molecule has 1 aromatic rings. The van der Waals surface area contributed by atoms with Gasteiger partial charge in [0, 0.05) is 6.04 Å². The van der Waals surface area contributed by atoms with E-state index in [9.17, 15) is 0 Å². The van der Waals surface area contributed by atoms with Crippen molar-refractivity contribution in [2.45, 2.75) is 52.0 Å². The van der Waals surface area contributed by atoms with Crippen molar-refractivity contribution < 1.29 is 0 Å². The van der Waals surface area contributed by atoms with Crippen LogP contribution < -0.4 is 5.73 Å². The molecule has 0 spiro atoms. The predicted molar refractivity (Wildman–Crippen MR) is 71.5 cm³/mol. The van der Waals surface area contributed by atoms with Gasteiger partial charge in [0.1, 0.15) is 0 Å². The van der Waals surface area contributed by atoms with Gasteiger partial charge >= 0.3 is 0 Å². The van der Waals surface area contributed by atoms with Crippen LogP contribution in [0, 0.1) is 5.92 Å². The first-order valence-corrected chi connectivity index (χ1v) is 6.45. The third-order valence-electron chi connectivity index (χ3n) is 3.09. The SMILES string of the molecule is CCCC(N)C(CC(C)C)c1ccccc1. The van der Waals surface area contributed by atoms with Gasteiger partial charge in [-0.3, -0.25) is 0 Å². The van der Waals surface area contributed by atoms with Gasteiger partial charge in [0.2, 0.25) is 0 Å². The maximum absolute atomic E-state index is 6.31. The minimum atomic E-state index is 0.301. The van der Waals surface area contributed by atoms with E-state index in [1.165, 1.54) is 18.4 Å². The lowest BCUT2D eigenvalue weighted by molar-refractivity contribution is 0.415. The zero-order chi connectivity index (χ0) is 12.0. The van der Waals surface area contributed by atoms with E-state index in [1.54, 1.807) is 0 Å². The molecule has 90 valence electrons. The summed E-state index contributed by atoms with van der Waals surface area (Å²) in [5.41, 5.74) is 7.71. The van der Waals surface area contributed by atoms with Crippen LogP contribution in [-0.4, -0.2) is 6.04 Å². The zero-order valence-electron chi connectivity index (χ0n) is 10.8. The first-order valence-electron chi connectivity index (χ1n) is 6.45. The first-order chi connectivity index (χ1) is 7.65. The molecule has 0 aliphatic carbocycles. The number of benzene rings is 1. The van der Waals surface area contributed by atoms with Crippen LogP contribution in [0.15, 0.2) is 30.3 Å². The molecule has 0 bridgehead atoms. The van der Waals surface area contributed by atoms with Crippen molar-refractivity contribution in [1.82, 2.24) is 0 Å². The van der Waals surface area contributed by atoms with Crippen molar-refractivity contribution in [2.75, 3.05) is 0 Å². The number of hydrogen-bond acceptors (Lipinski definition) is 1. The molecular weight excluding hydrogens is 194 g/mol. The quantitative estimate of drug-likeness (QED) is 0.770. The fourth-order valence-corrected chi connectivity index (χ4v) is 2.30. The molecule has 2 unspecified atom stereocenters. The molecule has 0 saturated heterocycles. The molecular formula is C15H25N. The highest BCUT2D eigenvalue weighted by molar-refractivity contribution is 5.21. The maximum Gasteiger partial charge on any atom is 0.0108 e. The van der Waals surface area contributed by atoms with Gasteiger partial charge in [-0.1, -0.05) is 57.5 Å². The summed E-state index contributed by atoms with van der Waals surface area (Å²) >= 11 is 0. The van der Waals surface area contributed by atoms with Crippen LogP contribution >= 0.6 is 0 Å². The molecule has 0 radical (unpaired) electrons. The molecule has 1 nitrogen and oxygen atoms in total. The summed E-state index contributed by atoms with van der Waals surface area (Å²) in [5.74, 6) is 1.22. The second-order valence-corrected chi connectivity index (χ2v) is 5.10. The van der Waals surface area contributed by atoms with E-state index in [1.807, 2.05) is 0 Å². The van der Waals surface area contributed by atoms with E-state index in [0.29, 0.717) is 17.9 Å². The lowest BCUT2D eigenvalue weighted by atomic mass is 9.83. The van der Waals surface area contributed by atoms with Crippen LogP contribution in [0.5, 0.6) is 0 Å². The van der Waals surface area contributed by atoms with Crippen LogP contribution in [-0.2, 0) is 0 Å². The number of hydrogen-bond donors (Lipinski definition) is 1. The van der Waals surface area contributed by atoms with E-state index in [2.05, 4.69) is 51.1 Å². The highest BCUT2D eigenvalue weighted by Crippen LogP contribution is 2.28. The molecule has 0 fully saturated rings. The Morgan fingerprint density at radius 3 is 2.25 bits per heavy atom. The van der Waals surface area contributed by atoms with Crippen molar-refractivity contribution in [1.29, 1.82) is 0 Å². The van der Waals surface area contributed by atoms with Gasteiger partial charge in [0.15, 0.2) is 0 Å². The van der Waals surface area contributed by atoms with Gasteiger partial charge in [-0.2, -0.15) is 0 Å². The van der Waals surface area contributed by atoms with E-state index < -0.39 is 0 Å². The zero-order valence-corrected chi connectivity index (χ0v) is 10.8. The Bertz CT molecular complexity index is 279. The molecule has 16 heavy (non-hydrogen) atoms. The Kier molecular flexibility index (Phi) is 5.54. The van der Waals surface area contributed by atoms with Crippen molar-refractivity contribution in [3.8, 4) is 0 Å². The van der Waals surface area contributed by atoms with Crippen molar-refractivity contribution in [2.24, 2.45) is 11.7 Å². The summed E-state index contributed by atoms with van der Waals surface area (Å²) < 4.78 is 0. The molecule has 0 amide bonds. The third-order valence-corrected chi connectivity index (χ3v) is 3.09. The second kappa shape index (κ2) is 6.70. The van der Waals surface area contributed by atoms with Crippen molar-refractivity contribution >= 4 is 0 Å². The largest absolute Gasteiger partial charge is 0.327 e. The molecule has 2 atom stereocenters. The fourth-order valence-electron chi connectivity index (χ4n) is 2.30. The monoisotopic (exact) mass is 219 g/mol. The molecule has 0 saturated carbocycles. The summed E-state index contributed by atoms with van der Waals surface area (Å²) in [5, 5.41) is 0. The molecule has 1 aromatic carbocycles. The Labute approximate surface area is 100 Å². The normalized spacial score (nSPS) is 15.1. The molecule has 1 rings (SSSR count). The minimum absolute atomic E-state index is 0.301. The van der Waals surface area contributed by atoms with Crippen LogP contribution in [0.4, 0.5) is 0 Å². The summed E-state index contributed by atoms with van der Waals surface area (Å²) in [4.78, 5) is 0. The molecule has 0 aliphatic heterocycles. The third kappa shape index (κ3) is 3.97. The Morgan fingerprint density at radius 2 is 1.75 bits per heavy atom. The molecule has 0 heterocycles. The Morgan fingerprint density at radius 1 is 1.12 bits per heavy atom.